The number of nitrogen functional groups attached to an aromatic ring is 1. The van der Waals surface area contributed by atoms with Crippen LogP contribution in [0.4, 0.5) is 5.88 Å². The largest absolute Gasteiger partial charge is 0.367 e. The van der Waals surface area contributed by atoms with Crippen LogP contribution in [0.25, 0.3) is 11.1 Å². The van der Waals surface area contributed by atoms with Crippen molar-refractivity contribution in [3.8, 4) is 11.1 Å². The van der Waals surface area contributed by atoms with E-state index < -0.39 is 0 Å². The quantitative estimate of drug-likeness (QED) is 0.849. The van der Waals surface area contributed by atoms with Crippen molar-refractivity contribution >= 4 is 17.5 Å². The van der Waals surface area contributed by atoms with Gasteiger partial charge >= 0.3 is 0 Å². The number of anilines is 1. The number of hydrogen-bond acceptors (Lipinski definition) is 3. The molecule has 0 spiro atoms. The minimum Gasteiger partial charge on any atom is -0.367 e. The van der Waals surface area contributed by atoms with Gasteiger partial charge in [-0.2, -0.15) is 0 Å². The molecule has 0 radical (unpaired) electrons. The number of rotatable bonds is 2. The molecule has 1 aromatic heterocycles. The van der Waals surface area contributed by atoms with E-state index in [1.807, 2.05) is 31.2 Å². The van der Waals surface area contributed by atoms with E-state index in [1.165, 1.54) is 0 Å². The standard InChI is InChI=1S/C11H11ClN2O/c1-2-9-10(11(13)15-14-9)7-5-3-4-6-8(7)12/h3-6H,2,13H2,1H3. The van der Waals surface area contributed by atoms with Gasteiger partial charge in [0.15, 0.2) is 0 Å². The predicted molar refractivity (Wildman–Crippen MR) is 60.7 cm³/mol. The van der Waals surface area contributed by atoms with Crippen LogP contribution >= 0.6 is 11.6 Å². The molecule has 2 aromatic rings. The zero-order valence-electron chi connectivity index (χ0n) is 8.33. The minimum atomic E-state index is 0.319. The fourth-order valence-electron chi connectivity index (χ4n) is 1.53. The van der Waals surface area contributed by atoms with Crippen molar-refractivity contribution in [1.29, 1.82) is 0 Å². The van der Waals surface area contributed by atoms with E-state index in [-0.39, 0.29) is 0 Å². The summed E-state index contributed by atoms with van der Waals surface area (Å²) in [4.78, 5) is 0. The molecule has 0 amide bonds. The van der Waals surface area contributed by atoms with Crippen LogP contribution in [-0.2, 0) is 6.42 Å². The molecule has 2 rings (SSSR count). The van der Waals surface area contributed by atoms with Gasteiger partial charge in [0.25, 0.3) is 0 Å². The Balaban J connectivity index is 2.63. The lowest BCUT2D eigenvalue weighted by Crippen LogP contribution is -1.89. The van der Waals surface area contributed by atoms with Crippen molar-refractivity contribution in [2.75, 3.05) is 5.73 Å². The zero-order valence-corrected chi connectivity index (χ0v) is 9.08. The molecule has 0 saturated heterocycles. The van der Waals surface area contributed by atoms with Gasteiger partial charge < -0.3 is 10.3 Å². The van der Waals surface area contributed by atoms with E-state index in [1.54, 1.807) is 0 Å². The second-order valence-corrected chi connectivity index (χ2v) is 3.61. The first-order valence-electron chi connectivity index (χ1n) is 4.73. The Bertz CT molecular complexity index is 479. The van der Waals surface area contributed by atoms with Gasteiger partial charge in [-0.05, 0) is 12.5 Å². The highest BCUT2D eigenvalue weighted by atomic mass is 35.5. The Morgan fingerprint density at radius 2 is 2.13 bits per heavy atom. The highest BCUT2D eigenvalue weighted by Gasteiger charge is 2.16. The summed E-state index contributed by atoms with van der Waals surface area (Å²) >= 11 is 6.09. The van der Waals surface area contributed by atoms with Crippen LogP contribution in [0.1, 0.15) is 12.6 Å². The molecule has 0 aliphatic rings. The molecular weight excluding hydrogens is 212 g/mol. The fourth-order valence-corrected chi connectivity index (χ4v) is 1.76. The van der Waals surface area contributed by atoms with Crippen LogP contribution in [-0.4, -0.2) is 5.16 Å². The number of benzene rings is 1. The van der Waals surface area contributed by atoms with Crippen LogP contribution in [0.15, 0.2) is 28.8 Å². The highest BCUT2D eigenvalue weighted by Crippen LogP contribution is 2.34. The van der Waals surface area contributed by atoms with Crippen molar-refractivity contribution in [3.05, 3.63) is 35.0 Å². The molecule has 2 N–H and O–H groups in total. The summed E-state index contributed by atoms with van der Waals surface area (Å²) in [6, 6.07) is 7.52. The molecule has 0 bridgehead atoms. The number of hydrogen-bond donors (Lipinski definition) is 1. The highest BCUT2D eigenvalue weighted by molar-refractivity contribution is 6.33. The minimum absolute atomic E-state index is 0.319. The van der Waals surface area contributed by atoms with Crippen LogP contribution in [0, 0.1) is 0 Å². The third-order valence-corrected chi connectivity index (χ3v) is 2.60. The van der Waals surface area contributed by atoms with E-state index in [0.717, 1.165) is 23.2 Å². The van der Waals surface area contributed by atoms with Crippen molar-refractivity contribution < 1.29 is 4.52 Å². The molecule has 0 aliphatic carbocycles. The van der Waals surface area contributed by atoms with Crippen LogP contribution in [0.5, 0.6) is 0 Å². The zero-order chi connectivity index (χ0) is 10.8. The Morgan fingerprint density at radius 1 is 1.40 bits per heavy atom. The summed E-state index contributed by atoms with van der Waals surface area (Å²) < 4.78 is 4.97. The van der Waals surface area contributed by atoms with Gasteiger partial charge in [0, 0.05) is 10.6 Å². The summed E-state index contributed by atoms with van der Waals surface area (Å²) in [5, 5.41) is 4.55. The average Bonchev–Trinajstić information content (AvgIpc) is 2.60. The Hall–Kier alpha value is -1.48. The lowest BCUT2D eigenvalue weighted by Gasteiger charge is -2.02. The van der Waals surface area contributed by atoms with Gasteiger partial charge in [-0.3, -0.25) is 0 Å². The number of nitrogens with zero attached hydrogens (tertiary/aromatic N) is 1. The summed E-state index contributed by atoms with van der Waals surface area (Å²) in [6.07, 6.45) is 0.765. The van der Waals surface area contributed by atoms with Gasteiger partial charge in [0.2, 0.25) is 5.88 Å². The first-order chi connectivity index (χ1) is 7.24. The number of aryl methyl sites for hydroxylation is 1. The normalized spacial score (nSPS) is 10.5. The first-order valence-corrected chi connectivity index (χ1v) is 5.10. The molecule has 78 valence electrons. The number of halogens is 1. The Kier molecular flexibility index (Phi) is 2.64. The molecule has 3 nitrogen and oxygen atoms in total. The summed E-state index contributed by atoms with van der Waals surface area (Å²) in [5.41, 5.74) is 8.24. The average molecular weight is 223 g/mol. The van der Waals surface area contributed by atoms with E-state index in [9.17, 15) is 0 Å². The fraction of sp³-hybridized carbons (Fsp3) is 0.182. The molecule has 1 aromatic carbocycles. The molecule has 0 atom stereocenters. The van der Waals surface area contributed by atoms with Gasteiger partial charge in [0.05, 0.1) is 11.3 Å². The van der Waals surface area contributed by atoms with E-state index in [4.69, 9.17) is 21.9 Å². The molecule has 4 heteroatoms. The molecule has 15 heavy (non-hydrogen) atoms. The summed E-state index contributed by atoms with van der Waals surface area (Å²) in [7, 11) is 0. The van der Waals surface area contributed by atoms with Crippen LogP contribution < -0.4 is 5.73 Å². The Labute approximate surface area is 92.8 Å². The summed E-state index contributed by atoms with van der Waals surface area (Å²) in [6.45, 7) is 2.00. The smallest absolute Gasteiger partial charge is 0.230 e. The van der Waals surface area contributed by atoms with Crippen molar-refractivity contribution in [2.45, 2.75) is 13.3 Å². The SMILES string of the molecule is CCc1noc(N)c1-c1ccccc1Cl. The van der Waals surface area contributed by atoms with Gasteiger partial charge in [-0.1, -0.05) is 41.9 Å². The van der Waals surface area contributed by atoms with Gasteiger partial charge in [-0.25, -0.2) is 0 Å². The molecule has 0 saturated carbocycles. The molecule has 1 heterocycles. The van der Waals surface area contributed by atoms with E-state index in [2.05, 4.69) is 5.16 Å². The van der Waals surface area contributed by atoms with Gasteiger partial charge in [0.1, 0.15) is 0 Å². The maximum Gasteiger partial charge on any atom is 0.230 e. The third kappa shape index (κ3) is 1.70. The van der Waals surface area contributed by atoms with Crippen molar-refractivity contribution in [2.24, 2.45) is 0 Å². The van der Waals surface area contributed by atoms with Gasteiger partial charge in [-0.15, -0.1) is 0 Å². The molecule has 0 unspecified atom stereocenters. The predicted octanol–water partition coefficient (Wildman–Crippen LogP) is 3.14. The van der Waals surface area contributed by atoms with E-state index in [0.29, 0.717) is 10.9 Å². The third-order valence-electron chi connectivity index (χ3n) is 2.27. The Morgan fingerprint density at radius 3 is 2.80 bits per heavy atom. The second kappa shape index (κ2) is 3.95. The molecule has 0 aliphatic heterocycles. The van der Waals surface area contributed by atoms with Crippen molar-refractivity contribution in [3.63, 3.8) is 0 Å². The summed E-state index contributed by atoms with van der Waals surface area (Å²) in [5.74, 6) is 0.319. The number of aromatic nitrogens is 1. The molecule has 0 fully saturated rings. The monoisotopic (exact) mass is 222 g/mol. The van der Waals surface area contributed by atoms with Crippen LogP contribution in [0.3, 0.4) is 0 Å². The topological polar surface area (TPSA) is 52.0 Å². The first kappa shape index (κ1) is 10.1. The van der Waals surface area contributed by atoms with Crippen LogP contribution in [0.2, 0.25) is 5.02 Å². The lowest BCUT2D eigenvalue weighted by atomic mass is 10.0. The second-order valence-electron chi connectivity index (χ2n) is 3.20. The lowest BCUT2D eigenvalue weighted by molar-refractivity contribution is 0.428. The maximum absolute atomic E-state index is 6.09. The van der Waals surface area contributed by atoms with E-state index >= 15 is 0 Å². The number of nitrogens with two attached hydrogens (primary N) is 1. The van der Waals surface area contributed by atoms with Crippen molar-refractivity contribution in [1.82, 2.24) is 5.16 Å². The maximum atomic E-state index is 6.09. The molecular formula is C11H11ClN2O.